The van der Waals surface area contributed by atoms with Crippen LogP contribution in [-0.4, -0.2) is 42.2 Å². The highest BCUT2D eigenvalue weighted by atomic mass is 16.3. The predicted molar refractivity (Wildman–Crippen MR) is 73.6 cm³/mol. The molecule has 1 unspecified atom stereocenters. The molecule has 19 heavy (non-hydrogen) atoms. The molecule has 2 N–H and O–H groups in total. The Bertz CT molecular complexity index is 449. The van der Waals surface area contributed by atoms with Crippen LogP contribution in [0.1, 0.15) is 18.9 Å². The van der Waals surface area contributed by atoms with E-state index in [-0.39, 0.29) is 18.6 Å². The van der Waals surface area contributed by atoms with Crippen LogP contribution in [0.4, 0.5) is 5.69 Å². The molecule has 102 valence electrons. The van der Waals surface area contributed by atoms with Crippen molar-refractivity contribution in [2.24, 2.45) is 0 Å². The van der Waals surface area contributed by atoms with Crippen LogP contribution in [-0.2, 0) is 4.79 Å². The second kappa shape index (κ2) is 7.52. The van der Waals surface area contributed by atoms with Gasteiger partial charge in [0.15, 0.2) is 0 Å². The van der Waals surface area contributed by atoms with Gasteiger partial charge >= 0.3 is 0 Å². The van der Waals surface area contributed by atoms with E-state index in [1.807, 2.05) is 18.0 Å². The standard InChI is InChI=1S/C14H19N3O2/c1-11(18)7-8-17(2)10-14(19)16-13-5-3-12(9-15)4-6-13/h3-6,11,18H,7-8,10H2,1-2H3,(H,16,19). The lowest BCUT2D eigenvalue weighted by Gasteiger charge is -2.17. The summed E-state index contributed by atoms with van der Waals surface area (Å²) in [6.07, 6.45) is 0.282. The van der Waals surface area contributed by atoms with Gasteiger partial charge in [-0.1, -0.05) is 0 Å². The number of nitriles is 1. The quantitative estimate of drug-likeness (QED) is 0.806. The van der Waals surface area contributed by atoms with Crippen molar-refractivity contribution in [2.75, 3.05) is 25.5 Å². The number of nitrogens with one attached hydrogen (secondary N) is 1. The summed E-state index contributed by atoms with van der Waals surface area (Å²) >= 11 is 0. The van der Waals surface area contributed by atoms with E-state index < -0.39 is 0 Å². The van der Waals surface area contributed by atoms with Crippen LogP contribution >= 0.6 is 0 Å². The van der Waals surface area contributed by atoms with Crippen molar-refractivity contribution in [1.82, 2.24) is 4.90 Å². The number of hydrogen-bond acceptors (Lipinski definition) is 4. The van der Waals surface area contributed by atoms with Gasteiger partial charge < -0.3 is 10.4 Å². The van der Waals surface area contributed by atoms with Crippen LogP contribution in [0.5, 0.6) is 0 Å². The largest absolute Gasteiger partial charge is 0.393 e. The maximum absolute atomic E-state index is 11.7. The van der Waals surface area contributed by atoms with Gasteiger partial charge in [-0.3, -0.25) is 9.69 Å². The van der Waals surface area contributed by atoms with Crippen LogP contribution in [0.2, 0.25) is 0 Å². The third-order valence-corrected chi connectivity index (χ3v) is 2.64. The maximum Gasteiger partial charge on any atom is 0.238 e. The van der Waals surface area contributed by atoms with Crippen LogP contribution in [0.25, 0.3) is 0 Å². The molecule has 0 fully saturated rings. The number of benzene rings is 1. The van der Waals surface area contributed by atoms with Crippen molar-refractivity contribution >= 4 is 11.6 Å². The molecule has 1 aromatic rings. The SMILES string of the molecule is CC(O)CCN(C)CC(=O)Nc1ccc(C#N)cc1. The van der Waals surface area contributed by atoms with E-state index in [4.69, 9.17) is 10.4 Å². The first kappa shape index (κ1) is 15.2. The van der Waals surface area contributed by atoms with E-state index in [0.717, 1.165) is 0 Å². The minimum Gasteiger partial charge on any atom is -0.393 e. The molecule has 0 aliphatic heterocycles. The van der Waals surface area contributed by atoms with Gasteiger partial charge in [-0.15, -0.1) is 0 Å². The van der Waals surface area contributed by atoms with Gasteiger partial charge in [0.25, 0.3) is 0 Å². The average molecular weight is 261 g/mol. The Morgan fingerprint density at radius 1 is 1.47 bits per heavy atom. The topological polar surface area (TPSA) is 76.4 Å². The zero-order valence-electron chi connectivity index (χ0n) is 11.3. The number of rotatable bonds is 6. The number of hydrogen-bond donors (Lipinski definition) is 2. The minimum absolute atomic E-state index is 0.113. The van der Waals surface area contributed by atoms with E-state index in [1.54, 1.807) is 31.2 Å². The summed E-state index contributed by atoms with van der Waals surface area (Å²) in [7, 11) is 1.83. The van der Waals surface area contributed by atoms with Crippen molar-refractivity contribution in [2.45, 2.75) is 19.4 Å². The zero-order valence-corrected chi connectivity index (χ0v) is 11.3. The predicted octanol–water partition coefficient (Wildman–Crippen LogP) is 1.20. The molecule has 0 heterocycles. The molecule has 1 amide bonds. The highest BCUT2D eigenvalue weighted by Crippen LogP contribution is 2.08. The van der Waals surface area contributed by atoms with Crippen LogP contribution in [0, 0.1) is 11.3 Å². The molecule has 1 rings (SSSR count). The van der Waals surface area contributed by atoms with Crippen LogP contribution < -0.4 is 5.32 Å². The molecule has 0 aliphatic rings. The molecule has 0 aliphatic carbocycles. The number of amides is 1. The molecule has 0 saturated carbocycles. The molecular formula is C14H19N3O2. The maximum atomic E-state index is 11.7. The highest BCUT2D eigenvalue weighted by Gasteiger charge is 2.07. The Balaban J connectivity index is 2.40. The molecule has 0 bridgehead atoms. The molecule has 1 atom stereocenters. The Morgan fingerprint density at radius 3 is 2.63 bits per heavy atom. The lowest BCUT2D eigenvalue weighted by atomic mass is 10.2. The van der Waals surface area contributed by atoms with E-state index in [1.165, 1.54) is 0 Å². The summed E-state index contributed by atoms with van der Waals surface area (Å²) in [6, 6.07) is 8.74. The third-order valence-electron chi connectivity index (χ3n) is 2.64. The van der Waals surface area contributed by atoms with Crippen molar-refractivity contribution in [3.05, 3.63) is 29.8 Å². The first-order valence-electron chi connectivity index (χ1n) is 6.18. The number of likely N-dealkylation sites (N-methyl/N-ethyl adjacent to an activating group) is 1. The number of aliphatic hydroxyl groups is 1. The highest BCUT2D eigenvalue weighted by molar-refractivity contribution is 5.92. The van der Waals surface area contributed by atoms with Crippen molar-refractivity contribution < 1.29 is 9.90 Å². The number of anilines is 1. The zero-order chi connectivity index (χ0) is 14.3. The Hall–Kier alpha value is -1.90. The van der Waals surface area contributed by atoms with Gasteiger partial charge in [0.2, 0.25) is 5.91 Å². The van der Waals surface area contributed by atoms with E-state index in [9.17, 15) is 4.79 Å². The normalized spacial score (nSPS) is 11.9. The Labute approximate surface area is 113 Å². The molecule has 1 aromatic carbocycles. The smallest absolute Gasteiger partial charge is 0.238 e. The summed E-state index contributed by atoms with van der Waals surface area (Å²) < 4.78 is 0. The van der Waals surface area contributed by atoms with Crippen LogP contribution in [0.15, 0.2) is 24.3 Å². The fraction of sp³-hybridized carbons (Fsp3) is 0.429. The van der Waals surface area contributed by atoms with E-state index in [2.05, 4.69) is 5.32 Å². The third kappa shape index (κ3) is 6.00. The summed E-state index contributed by atoms with van der Waals surface area (Å²) in [5.41, 5.74) is 1.24. The molecule has 0 saturated heterocycles. The summed E-state index contributed by atoms with van der Waals surface area (Å²) in [5.74, 6) is -0.113. The Morgan fingerprint density at radius 2 is 2.11 bits per heavy atom. The lowest BCUT2D eigenvalue weighted by Crippen LogP contribution is -2.32. The van der Waals surface area contributed by atoms with Gasteiger partial charge in [0, 0.05) is 12.2 Å². The van der Waals surface area contributed by atoms with Gasteiger partial charge in [-0.05, 0) is 44.7 Å². The van der Waals surface area contributed by atoms with Crippen molar-refractivity contribution in [3.8, 4) is 6.07 Å². The number of aliphatic hydroxyl groups excluding tert-OH is 1. The monoisotopic (exact) mass is 261 g/mol. The van der Waals surface area contributed by atoms with Gasteiger partial charge in [-0.25, -0.2) is 0 Å². The first-order chi connectivity index (χ1) is 9.01. The van der Waals surface area contributed by atoms with Gasteiger partial charge in [0.05, 0.1) is 24.3 Å². The second-order valence-corrected chi connectivity index (χ2v) is 4.61. The molecule has 0 spiro atoms. The molecule has 0 aromatic heterocycles. The van der Waals surface area contributed by atoms with Gasteiger partial charge in [0.1, 0.15) is 0 Å². The van der Waals surface area contributed by atoms with E-state index in [0.29, 0.717) is 24.2 Å². The fourth-order valence-electron chi connectivity index (χ4n) is 1.56. The van der Waals surface area contributed by atoms with Crippen molar-refractivity contribution in [1.29, 1.82) is 5.26 Å². The molecule has 5 heteroatoms. The fourth-order valence-corrected chi connectivity index (χ4v) is 1.56. The molecule has 0 radical (unpaired) electrons. The van der Waals surface area contributed by atoms with Crippen LogP contribution in [0.3, 0.4) is 0 Å². The molecule has 5 nitrogen and oxygen atoms in total. The first-order valence-corrected chi connectivity index (χ1v) is 6.18. The summed E-state index contributed by atoms with van der Waals surface area (Å²) in [6.45, 7) is 2.66. The van der Waals surface area contributed by atoms with E-state index >= 15 is 0 Å². The summed E-state index contributed by atoms with van der Waals surface area (Å²) in [5, 5.41) is 20.6. The van der Waals surface area contributed by atoms with Crippen molar-refractivity contribution in [3.63, 3.8) is 0 Å². The lowest BCUT2D eigenvalue weighted by molar-refractivity contribution is -0.117. The average Bonchev–Trinajstić information content (AvgIpc) is 2.37. The number of nitrogens with zero attached hydrogens (tertiary/aromatic N) is 2. The second-order valence-electron chi connectivity index (χ2n) is 4.61. The number of carbonyl (C=O) groups excluding carboxylic acids is 1. The molecular weight excluding hydrogens is 242 g/mol. The minimum atomic E-state index is -0.357. The summed E-state index contributed by atoms with van der Waals surface area (Å²) in [4.78, 5) is 13.6. The Kier molecular flexibility index (Phi) is 6.00. The number of carbonyl (C=O) groups is 1. The van der Waals surface area contributed by atoms with Gasteiger partial charge in [-0.2, -0.15) is 5.26 Å².